The maximum Gasteiger partial charge on any atom is 0.254 e. The number of aryl methyl sites for hydroxylation is 1. The molecule has 1 amide bonds. The van der Waals surface area contributed by atoms with E-state index in [0.717, 1.165) is 24.1 Å². The zero-order valence-electron chi connectivity index (χ0n) is 13.6. The second-order valence-corrected chi connectivity index (χ2v) is 5.99. The van der Waals surface area contributed by atoms with E-state index in [0.29, 0.717) is 30.8 Å². The molecule has 4 rings (SSSR count). The van der Waals surface area contributed by atoms with E-state index in [1.165, 1.54) is 0 Å². The van der Waals surface area contributed by atoms with Gasteiger partial charge in [-0.15, -0.1) is 0 Å². The molecular formula is C17H18N6O2. The highest BCUT2D eigenvalue weighted by molar-refractivity contribution is 5.97. The number of amides is 1. The van der Waals surface area contributed by atoms with Crippen LogP contribution in [0.1, 0.15) is 22.5 Å². The molecular weight excluding hydrogens is 320 g/mol. The Morgan fingerprint density at radius 2 is 2.20 bits per heavy atom. The van der Waals surface area contributed by atoms with Crippen LogP contribution >= 0.6 is 0 Å². The van der Waals surface area contributed by atoms with Gasteiger partial charge in [0.15, 0.2) is 0 Å². The molecule has 1 N–H and O–H groups in total. The summed E-state index contributed by atoms with van der Waals surface area (Å²) in [4.78, 5) is 23.2. The molecule has 0 unspecified atom stereocenters. The molecule has 0 saturated carbocycles. The molecule has 3 aromatic rings. The Kier molecular flexibility index (Phi) is 4.34. The van der Waals surface area contributed by atoms with Gasteiger partial charge in [-0.1, -0.05) is 0 Å². The molecule has 0 aliphatic carbocycles. The molecule has 128 valence electrons. The molecule has 25 heavy (non-hydrogen) atoms. The highest BCUT2D eigenvalue weighted by Crippen LogP contribution is 2.18. The van der Waals surface area contributed by atoms with Gasteiger partial charge in [0.05, 0.1) is 24.9 Å². The quantitative estimate of drug-likeness (QED) is 0.768. The van der Waals surface area contributed by atoms with E-state index < -0.39 is 0 Å². The molecule has 1 aliphatic rings. The van der Waals surface area contributed by atoms with Crippen LogP contribution in [0, 0.1) is 0 Å². The zero-order valence-corrected chi connectivity index (χ0v) is 13.6. The van der Waals surface area contributed by atoms with Crippen LogP contribution < -0.4 is 0 Å². The fourth-order valence-electron chi connectivity index (χ4n) is 3.07. The highest BCUT2D eigenvalue weighted by Gasteiger charge is 2.28. The number of carbonyl (C=O) groups is 1. The largest absolute Gasteiger partial charge is 0.377 e. The summed E-state index contributed by atoms with van der Waals surface area (Å²) in [6, 6.07) is 5.40. The van der Waals surface area contributed by atoms with E-state index in [1.807, 2.05) is 4.90 Å². The first kappa shape index (κ1) is 15.6. The summed E-state index contributed by atoms with van der Waals surface area (Å²) >= 11 is 0. The summed E-state index contributed by atoms with van der Waals surface area (Å²) in [6.45, 7) is 1.68. The van der Waals surface area contributed by atoms with E-state index in [4.69, 9.17) is 4.74 Å². The van der Waals surface area contributed by atoms with Crippen LogP contribution in [0.4, 0.5) is 0 Å². The number of hydrogen-bond donors (Lipinski definition) is 1. The Morgan fingerprint density at radius 1 is 1.28 bits per heavy atom. The number of hydrogen-bond acceptors (Lipinski definition) is 6. The van der Waals surface area contributed by atoms with Gasteiger partial charge in [-0.05, 0) is 31.0 Å². The number of H-pyrrole nitrogens is 1. The monoisotopic (exact) mass is 338 g/mol. The van der Waals surface area contributed by atoms with Crippen molar-refractivity contribution >= 4 is 16.9 Å². The van der Waals surface area contributed by atoms with Crippen LogP contribution in [0.3, 0.4) is 0 Å². The summed E-state index contributed by atoms with van der Waals surface area (Å²) < 4.78 is 5.59. The van der Waals surface area contributed by atoms with Crippen molar-refractivity contribution in [3.05, 3.63) is 48.0 Å². The van der Waals surface area contributed by atoms with Gasteiger partial charge in [0.25, 0.3) is 5.91 Å². The summed E-state index contributed by atoms with van der Waals surface area (Å²) in [7, 11) is 0. The first-order chi connectivity index (χ1) is 12.3. The highest BCUT2D eigenvalue weighted by atomic mass is 16.5. The summed E-state index contributed by atoms with van der Waals surface area (Å²) in [5.41, 5.74) is 2.98. The minimum atomic E-state index is -0.00246. The molecule has 1 atom stereocenters. The van der Waals surface area contributed by atoms with Crippen molar-refractivity contribution in [2.24, 2.45) is 0 Å². The first-order valence-electron chi connectivity index (χ1n) is 8.25. The van der Waals surface area contributed by atoms with Crippen LogP contribution in [0.2, 0.25) is 0 Å². The van der Waals surface area contributed by atoms with E-state index in [2.05, 4.69) is 25.4 Å². The number of aromatic nitrogens is 5. The van der Waals surface area contributed by atoms with Gasteiger partial charge >= 0.3 is 0 Å². The molecule has 1 saturated heterocycles. The van der Waals surface area contributed by atoms with Crippen molar-refractivity contribution in [2.75, 3.05) is 19.8 Å². The second-order valence-electron chi connectivity index (χ2n) is 5.99. The minimum Gasteiger partial charge on any atom is -0.377 e. The fourth-order valence-corrected chi connectivity index (χ4v) is 3.07. The van der Waals surface area contributed by atoms with Gasteiger partial charge in [-0.25, -0.2) is 0 Å². The molecule has 2 aromatic heterocycles. The molecule has 0 bridgehead atoms. The number of fused-ring (bicyclic) bond motifs is 1. The lowest BCUT2D eigenvalue weighted by Gasteiger charge is -2.35. The van der Waals surface area contributed by atoms with Crippen LogP contribution in [0.25, 0.3) is 11.0 Å². The predicted molar refractivity (Wildman–Crippen MR) is 89.9 cm³/mol. The summed E-state index contributed by atoms with van der Waals surface area (Å²) in [5.74, 6) is -0.00246. The van der Waals surface area contributed by atoms with Crippen LogP contribution in [0.5, 0.6) is 0 Å². The fraction of sp³-hybridized carbons (Fsp3) is 0.353. The third kappa shape index (κ3) is 3.34. The van der Waals surface area contributed by atoms with Gasteiger partial charge in [0, 0.05) is 30.7 Å². The smallest absolute Gasteiger partial charge is 0.254 e. The molecule has 0 radical (unpaired) electrons. The Balaban J connectivity index is 1.50. The average molecular weight is 338 g/mol. The molecule has 1 fully saturated rings. The van der Waals surface area contributed by atoms with Crippen molar-refractivity contribution in [3.63, 3.8) is 0 Å². The number of aromatic amines is 1. The van der Waals surface area contributed by atoms with E-state index in [-0.39, 0.29) is 11.9 Å². The Bertz CT molecular complexity index is 866. The molecule has 1 aromatic carbocycles. The third-order valence-electron chi connectivity index (χ3n) is 4.40. The molecule has 0 spiro atoms. The van der Waals surface area contributed by atoms with Crippen LogP contribution in [0.15, 0.2) is 36.8 Å². The lowest BCUT2D eigenvalue weighted by Crippen LogP contribution is -2.48. The SMILES string of the molecule is O=C(c1ccc2n[nH]nc2c1)N1CCOC[C@H]1CCc1cnccn1. The van der Waals surface area contributed by atoms with Crippen molar-refractivity contribution in [2.45, 2.75) is 18.9 Å². The average Bonchev–Trinajstić information content (AvgIpc) is 3.14. The van der Waals surface area contributed by atoms with Gasteiger partial charge < -0.3 is 9.64 Å². The molecule has 8 nitrogen and oxygen atoms in total. The van der Waals surface area contributed by atoms with Crippen molar-refractivity contribution in [3.8, 4) is 0 Å². The van der Waals surface area contributed by atoms with E-state index in [1.54, 1.807) is 36.8 Å². The second kappa shape index (κ2) is 6.94. The number of ether oxygens (including phenoxy) is 1. The van der Waals surface area contributed by atoms with Crippen molar-refractivity contribution in [1.82, 2.24) is 30.3 Å². The normalized spacial score (nSPS) is 17.8. The maximum absolute atomic E-state index is 13.0. The Hall–Kier alpha value is -2.87. The number of carbonyl (C=O) groups excluding carboxylic acids is 1. The van der Waals surface area contributed by atoms with Gasteiger partial charge in [-0.3, -0.25) is 14.8 Å². The van der Waals surface area contributed by atoms with Gasteiger partial charge in [-0.2, -0.15) is 15.4 Å². The van der Waals surface area contributed by atoms with E-state index in [9.17, 15) is 4.79 Å². The van der Waals surface area contributed by atoms with E-state index >= 15 is 0 Å². The molecule has 3 heterocycles. The van der Waals surface area contributed by atoms with Gasteiger partial charge in [0.1, 0.15) is 11.0 Å². The standard InChI is InChI=1S/C17H18N6O2/c24-17(12-1-4-15-16(9-12)21-22-20-15)23-7-8-25-11-14(23)3-2-13-10-18-5-6-19-13/h1,4-6,9-10,14H,2-3,7-8,11H2,(H,20,21,22)/t14-/m1/s1. The number of morpholine rings is 1. The summed E-state index contributed by atoms with van der Waals surface area (Å²) in [6.07, 6.45) is 6.64. The van der Waals surface area contributed by atoms with Crippen molar-refractivity contribution < 1.29 is 9.53 Å². The lowest BCUT2D eigenvalue weighted by atomic mass is 10.1. The van der Waals surface area contributed by atoms with Crippen LogP contribution in [-0.2, 0) is 11.2 Å². The number of benzene rings is 1. The van der Waals surface area contributed by atoms with Crippen LogP contribution in [-0.4, -0.2) is 62.0 Å². The van der Waals surface area contributed by atoms with Gasteiger partial charge in [0.2, 0.25) is 0 Å². The first-order valence-corrected chi connectivity index (χ1v) is 8.25. The summed E-state index contributed by atoms with van der Waals surface area (Å²) in [5, 5.41) is 10.6. The number of nitrogens with one attached hydrogen (secondary N) is 1. The predicted octanol–water partition coefficient (Wildman–Crippen LogP) is 1.22. The maximum atomic E-state index is 13.0. The Labute approximate surface area is 144 Å². The molecule has 8 heteroatoms. The molecule has 1 aliphatic heterocycles. The lowest BCUT2D eigenvalue weighted by molar-refractivity contribution is -0.00412. The third-order valence-corrected chi connectivity index (χ3v) is 4.40. The minimum absolute atomic E-state index is 0.00246. The number of rotatable bonds is 4. The number of nitrogens with zero attached hydrogens (tertiary/aromatic N) is 5. The zero-order chi connectivity index (χ0) is 17.1. The van der Waals surface area contributed by atoms with Crippen molar-refractivity contribution in [1.29, 1.82) is 0 Å². The Morgan fingerprint density at radius 3 is 3.08 bits per heavy atom. The topological polar surface area (TPSA) is 96.9 Å².